The summed E-state index contributed by atoms with van der Waals surface area (Å²) < 4.78 is 15.7. The number of anilines is 3. The fraction of sp³-hybridized carbons (Fsp3) is 0.226. The van der Waals surface area contributed by atoms with Gasteiger partial charge in [0, 0.05) is 47.7 Å². The van der Waals surface area contributed by atoms with Gasteiger partial charge >= 0.3 is 0 Å². The minimum absolute atomic E-state index is 0.0206. The lowest BCUT2D eigenvalue weighted by Crippen LogP contribution is -2.09. The van der Waals surface area contributed by atoms with Crippen LogP contribution in [0.5, 0.6) is 0 Å². The Labute approximate surface area is 246 Å². The molecule has 0 bridgehead atoms. The van der Waals surface area contributed by atoms with Crippen molar-refractivity contribution in [1.82, 2.24) is 20.0 Å². The van der Waals surface area contributed by atoms with Gasteiger partial charge in [0.15, 0.2) is 0 Å². The van der Waals surface area contributed by atoms with Crippen molar-refractivity contribution < 1.29 is 4.39 Å². The molecule has 2 aromatic heterocycles. The summed E-state index contributed by atoms with van der Waals surface area (Å²) in [4.78, 5) is 4.48. The van der Waals surface area contributed by atoms with Gasteiger partial charge < -0.3 is 10.6 Å². The molecule has 10 heteroatoms. The van der Waals surface area contributed by atoms with Gasteiger partial charge in [-0.15, -0.1) is 5.10 Å². The molecule has 41 heavy (non-hydrogen) atoms. The predicted molar refractivity (Wildman–Crippen MR) is 161 cm³/mol. The molecule has 7 nitrogen and oxygen atoms in total. The van der Waals surface area contributed by atoms with Gasteiger partial charge in [-0.25, -0.2) is 9.07 Å². The summed E-state index contributed by atoms with van der Waals surface area (Å²) in [7, 11) is 0. The molecule has 0 aliphatic carbocycles. The third kappa shape index (κ3) is 5.19. The number of pyridine rings is 1. The first kappa shape index (κ1) is 27.0. The number of nitriles is 1. The maximum Gasteiger partial charge on any atom is 0.141 e. The van der Waals surface area contributed by atoms with Crippen molar-refractivity contribution >= 4 is 51.2 Å². The van der Waals surface area contributed by atoms with Crippen molar-refractivity contribution in [3.8, 4) is 6.07 Å². The predicted octanol–water partition coefficient (Wildman–Crippen LogP) is 7.81. The lowest BCUT2D eigenvalue weighted by Gasteiger charge is -2.20. The van der Waals surface area contributed by atoms with E-state index in [9.17, 15) is 9.65 Å². The van der Waals surface area contributed by atoms with Crippen LogP contribution < -0.4 is 10.6 Å². The van der Waals surface area contributed by atoms with Crippen LogP contribution in [0.3, 0.4) is 0 Å². The molecule has 1 atom stereocenters. The lowest BCUT2D eigenvalue weighted by atomic mass is 9.85. The van der Waals surface area contributed by atoms with Crippen LogP contribution >= 0.6 is 23.2 Å². The Kier molecular flexibility index (Phi) is 7.24. The van der Waals surface area contributed by atoms with Crippen molar-refractivity contribution in [3.63, 3.8) is 0 Å². The molecular formula is C31H26Cl2FN7. The van der Waals surface area contributed by atoms with Crippen LogP contribution in [0.25, 0.3) is 10.9 Å². The zero-order chi connectivity index (χ0) is 28.7. The molecule has 1 aliphatic heterocycles. The van der Waals surface area contributed by atoms with E-state index in [1.165, 1.54) is 29.5 Å². The highest BCUT2D eigenvalue weighted by Gasteiger charge is 2.26. The quantitative estimate of drug-likeness (QED) is 0.202. The van der Waals surface area contributed by atoms with Gasteiger partial charge in [0.25, 0.3) is 0 Å². The first-order valence-electron chi connectivity index (χ1n) is 13.3. The monoisotopic (exact) mass is 585 g/mol. The van der Waals surface area contributed by atoms with E-state index in [1.807, 2.05) is 23.0 Å². The van der Waals surface area contributed by atoms with E-state index in [4.69, 9.17) is 23.2 Å². The van der Waals surface area contributed by atoms with Crippen LogP contribution in [0.15, 0.2) is 60.9 Å². The highest BCUT2D eigenvalue weighted by molar-refractivity contribution is 6.35. The summed E-state index contributed by atoms with van der Waals surface area (Å²) in [6.45, 7) is 5.04. The number of hydrogen-bond acceptors (Lipinski definition) is 6. The van der Waals surface area contributed by atoms with Crippen LogP contribution in [0.4, 0.5) is 21.5 Å². The highest BCUT2D eigenvalue weighted by Crippen LogP contribution is 2.39. The molecule has 3 heterocycles. The van der Waals surface area contributed by atoms with Gasteiger partial charge in [-0.05, 0) is 79.8 Å². The lowest BCUT2D eigenvalue weighted by molar-refractivity contribution is 0.514. The fourth-order valence-corrected chi connectivity index (χ4v) is 5.85. The smallest absolute Gasteiger partial charge is 0.141 e. The third-order valence-electron chi connectivity index (χ3n) is 7.43. The Morgan fingerprint density at radius 1 is 1.15 bits per heavy atom. The summed E-state index contributed by atoms with van der Waals surface area (Å²) in [5, 5.41) is 26.7. The van der Waals surface area contributed by atoms with Crippen LogP contribution in [0.1, 0.15) is 53.8 Å². The first-order valence-corrected chi connectivity index (χ1v) is 14.1. The average molecular weight is 587 g/mol. The van der Waals surface area contributed by atoms with Crippen LogP contribution in [0, 0.1) is 17.1 Å². The van der Waals surface area contributed by atoms with E-state index in [-0.39, 0.29) is 17.0 Å². The van der Waals surface area contributed by atoms with Gasteiger partial charge in [0.05, 0.1) is 32.5 Å². The normalized spacial score (nSPS) is 13.2. The number of nitrogens with one attached hydrogen (secondary N) is 2. The SMILES string of the molecule is CC(C)n1cc([C@@H](Cc2cc(Cl)c3ncc(C#N)c(Nc4ccc(F)c(Cl)c4)c3c2)c2cccc3c2CCN3)nn1. The number of rotatable bonds is 7. The van der Waals surface area contributed by atoms with E-state index in [2.05, 4.69) is 64.0 Å². The largest absolute Gasteiger partial charge is 0.384 e. The number of fused-ring (bicyclic) bond motifs is 2. The molecule has 2 N–H and O–H groups in total. The van der Waals surface area contributed by atoms with Crippen LogP contribution in [-0.2, 0) is 12.8 Å². The Morgan fingerprint density at radius 3 is 2.76 bits per heavy atom. The van der Waals surface area contributed by atoms with E-state index < -0.39 is 5.82 Å². The highest BCUT2D eigenvalue weighted by atomic mass is 35.5. The molecule has 0 saturated carbocycles. The molecule has 5 aromatic rings. The maximum absolute atomic E-state index is 13.8. The zero-order valence-corrected chi connectivity index (χ0v) is 23.9. The van der Waals surface area contributed by atoms with E-state index in [0.29, 0.717) is 39.3 Å². The maximum atomic E-state index is 13.8. The Hall–Kier alpha value is -4.19. The van der Waals surface area contributed by atoms with Gasteiger partial charge in [0.1, 0.15) is 11.9 Å². The molecule has 0 spiro atoms. The molecule has 0 fully saturated rings. The van der Waals surface area contributed by atoms with Gasteiger partial charge in [-0.3, -0.25) is 4.98 Å². The van der Waals surface area contributed by atoms with Crippen molar-refractivity contribution in [2.75, 3.05) is 17.2 Å². The molecule has 206 valence electrons. The number of nitrogens with zero attached hydrogens (tertiary/aromatic N) is 5. The topological polar surface area (TPSA) is 91.5 Å². The van der Waals surface area contributed by atoms with Gasteiger partial charge in [0.2, 0.25) is 0 Å². The molecule has 0 saturated heterocycles. The minimum Gasteiger partial charge on any atom is -0.384 e. The Balaban J connectivity index is 1.47. The molecule has 0 unspecified atom stereocenters. The van der Waals surface area contributed by atoms with Crippen molar-refractivity contribution in [2.45, 2.75) is 38.6 Å². The Morgan fingerprint density at radius 2 is 2.00 bits per heavy atom. The van der Waals surface area contributed by atoms with E-state index in [0.717, 1.165) is 29.9 Å². The summed E-state index contributed by atoms with van der Waals surface area (Å²) in [5.74, 6) is -0.601. The zero-order valence-electron chi connectivity index (χ0n) is 22.4. The molecule has 0 amide bonds. The Bertz CT molecular complexity index is 1830. The van der Waals surface area contributed by atoms with Crippen LogP contribution in [0.2, 0.25) is 10.0 Å². The number of benzene rings is 3. The van der Waals surface area contributed by atoms with Gasteiger partial charge in [-0.1, -0.05) is 40.5 Å². The van der Waals surface area contributed by atoms with Crippen LogP contribution in [-0.4, -0.2) is 26.5 Å². The summed E-state index contributed by atoms with van der Waals surface area (Å²) in [5.41, 5.74) is 7.40. The molecular weight excluding hydrogens is 560 g/mol. The number of hydrogen-bond donors (Lipinski definition) is 2. The average Bonchev–Trinajstić information content (AvgIpc) is 3.64. The minimum atomic E-state index is -0.523. The number of halogens is 3. The second-order valence-corrected chi connectivity index (χ2v) is 11.2. The van der Waals surface area contributed by atoms with Crippen molar-refractivity contribution in [1.29, 1.82) is 5.26 Å². The van der Waals surface area contributed by atoms with Crippen molar-refractivity contribution in [3.05, 3.63) is 105 Å². The summed E-state index contributed by atoms with van der Waals surface area (Å²) in [6.07, 6.45) is 5.03. The number of aromatic nitrogens is 4. The second-order valence-electron chi connectivity index (χ2n) is 10.4. The van der Waals surface area contributed by atoms with Gasteiger partial charge in [-0.2, -0.15) is 5.26 Å². The van der Waals surface area contributed by atoms with E-state index in [1.54, 1.807) is 6.07 Å². The molecule has 0 radical (unpaired) electrons. The third-order valence-corrected chi connectivity index (χ3v) is 8.00. The first-order chi connectivity index (χ1) is 19.8. The summed E-state index contributed by atoms with van der Waals surface area (Å²) in [6, 6.07) is 17.0. The van der Waals surface area contributed by atoms with Crippen molar-refractivity contribution in [2.24, 2.45) is 0 Å². The summed E-state index contributed by atoms with van der Waals surface area (Å²) >= 11 is 12.8. The molecule has 1 aliphatic rings. The standard InChI is InChI=1S/C31H26Cl2FN7/c1-17(2)41-16-29(39-40-41)23(21-4-3-5-28-22(21)8-9-36-28)10-18-11-24-30(38-20-6-7-27(34)25(32)13-20)19(14-35)15-37-31(24)26(33)12-18/h3-7,11-13,15-17,23,36H,8-10H2,1-2H3,(H,37,38)/t23-/m0/s1. The molecule has 3 aromatic carbocycles. The fourth-order valence-electron chi connectivity index (χ4n) is 5.38. The van der Waals surface area contributed by atoms with E-state index >= 15 is 0 Å². The molecule has 6 rings (SSSR count). The second kappa shape index (κ2) is 11.0.